The van der Waals surface area contributed by atoms with Crippen LogP contribution in [0.15, 0.2) is 47.0 Å². The summed E-state index contributed by atoms with van der Waals surface area (Å²) < 4.78 is 32.4. The van der Waals surface area contributed by atoms with Crippen LogP contribution in [0, 0.1) is 11.6 Å². The molecule has 29 heavy (non-hydrogen) atoms. The van der Waals surface area contributed by atoms with Gasteiger partial charge >= 0.3 is 0 Å². The number of likely N-dealkylation sites (tertiary alicyclic amines) is 1. The normalized spacial score (nSPS) is 16.3. The van der Waals surface area contributed by atoms with Gasteiger partial charge in [0.2, 0.25) is 0 Å². The zero-order valence-corrected chi connectivity index (χ0v) is 16.1. The van der Waals surface area contributed by atoms with Crippen LogP contribution in [0.25, 0.3) is 11.5 Å². The van der Waals surface area contributed by atoms with E-state index in [0.29, 0.717) is 6.54 Å². The highest BCUT2D eigenvalue weighted by Gasteiger charge is 2.33. The Morgan fingerprint density at radius 2 is 2.03 bits per heavy atom. The molecule has 1 amide bonds. The maximum Gasteiger partial charge on any atom is 0.295 e. The second-order valence-corrected chi connectivity index (χ2v) is 7.19. The smallest absolute Gasteiger partial charge is 0.295 e. The van der Waals surface area contributed by atoms with E-state index >= 15 is 0 Å². The lowest BCUT2D eigenvalue weighted by Crippen LogP contribution is -2.31. The lowest BCUT2D eigenvalue weighted by Gasteiger charge is -2.25. The minimum atomic E-state index is -0.700. The predicted molar refractivity (Wildman–Crippen MR) is 103 cm³/mol. The van der Waals surface area contributed by atoms with Gasteiger partial charge in [0.15, 0.2) is 0 Å². The fraction of sp³-hybridized carbons (Fsp3) is 0.286. The number of carbonyl (C=O) groups is 1. The van der Waals surface area contributed by atoms with Gasteiger partial charge in [0, 0.05) is 26.3 Å². The summed E-state index contributed by atoms with van der Waals surface area (Å²) in [5.74, 6) is -2.12. The van der Waals surface area contributed by atoms with Crippen molar-refractivity contribution in [3.63, 3.8) is 0 Å². The van der Waals surface area contributed by atoms with Crippen LogP contribution in [-0.2, 0) is 0 Å². The summed E-state index contributed by atoms with van der Waals surface area (Å²) in [5.41, 5.74) is 1.90. The number of hydrogen-bond donors (Lipinski definition) is 0. The second kappa shape index (κ2) is 7.62. The summed E-state index contributed by atoms with van der Waals surface area (Å²) >= 11 is 0. The van der Waals surface area contributed by atoms with Crippen LogP contribution >= 0.6 is 0 Å². The molecule has 1 unspecified atom stereocenters. The topological polar surface area (TPSA) is 62.5 Å². The van der Waals surface area contributed by atoms with Gasteiger partial charge in [-0.15, -0.1) is 0 Å². The summed E-state index contributed by atoms with van der Waals surface area (Å²) in [6, 6.07) is 10.8. The molecule has 3 aromatic rings. The first-order chi connectivity index (χ1) is 13.9. The van der Waals surface area contributed by atoms with Crippen molar-refractivity contribution < 1.29 is 18.1 Å². The Labute approximate surface area is 166 Å². The molecular formula is C21H20F2N4O2. The van der Waals surface area contributed by atoms with Gasteiger partial charge in [-0.05, 0) is 48.7 Å². The lowest BCUT2D eigenvalue weighted by molar-refractivity contribution is 0.0720. The first-order valence-electron chi connectivity index (χ1n) is 9.31. The maximum absolute atomic E-state index is 14.0. The molecule has 2 aromatic carbocycles. The van der Waals surface area contributed by atoms with E-state index in [2.05, 4.69) is 16.2 Å². The van der Waals surface area contributed by atoms with Crippen molar-refractivity contribution in [1.82, 2.24) is 15.0 Å². The first kappa shape index (κ1) is 19.0. The lowest BCUT2D eigenvalue weighted by atomic mass is 10.0. The summed E-state index contributed by atoms with van der Waals surface area (Å²) in [4.78, 5) is 20.7. The Hall–Kier alpha value is -3.29. The molecule has 0 N–H and O–H groups in total. The van der Waals surface area contributed by atoms with Crippen LogP contribution in [-0.4, -0.2) is 41.6 Å². The zero-order valence-electron chi connectivity index (χ0n) is 16.1. The van der Waals surface area contributed by atoms with E-state index in [0.717, 1.165) is 42.3 Å². The van der Waals surface area contributed by atoms with Crippen LogP contribution in [0.4, 0.5) is 14.5 Å². The molecule has 150 valence electrons. The molecule has 2 heterocycles. The zero-order chi connectivity index (χ0) is 20.5. The van der Waals surface area contributed by atoms with E-state index in [1.54, 1.807) is 4.90 Å². The Balaban J connectivity index is 1.60. The number of anilines is 1. The minimum Gasteiger partial charge on any atom is -0.378 e. The molecule has 1 aliphatic rings. The number of hydrogen-bond acceptors (Lipinski definition) is 5. The Morgan fingerprint density at radius 3 is 2.83 bits per heavy atom. The summed E-state index contributed by atoms with van der Waals surface area (Å²) in [6.07, 6.45) is 1.68. The van der Waals surface area contributed by atoms with E-state index in [1.807, 2.05) is 37.2 Å². The minimum absolute atomic E-state index is 0.102. The molecule has 8 heteroatoms. The van der Waals surface area contributed by atoms with Gasteiger partial charge in [-0.1, -0.05) is 17.3 Å². The first-order valence-corrected chi connectivity index (χ1v) is 9.31. The fourth-order valence-electron chi connectivity index (χ4n) is 3.58. The summed E-state index contributed by atoms with van der Waals surface area (Å²) in [5, 5.41) is 3.71. The Bertz CT molecular complexity index is 1050. The van der Waals surface area contributed by atoms with E-state index in [1.165, 1.54) is 0 Å². The molecular weight excluding hydrogens is 378 g/mol. The SMILES string of the molecule is CN(C)c1cccc(C2CCCN2C(=O)c2noc(-c3cc(F)ccc3F)n2)c1. The average molecular weight is 398 g/mol. The number of carbonyl (C=O) groups excluding carboxylic acids is 1. The summed E-state index contributed by atoms with van der Waals surface area (Å²) in [7, 11) is 3.92. The molecule has 6 nitrogen and oxygen atoms in total. The molecule has 1 fully saturated rings. The van der Waals surface area contributed by atoms with E-state index in [9.17, 15) is 13.6 Å². The maximum atomic E-state index is 14.0. The van der Waals surface area contributed by atoms with Crippen molar-refractivity contribution in [3.8, 4) is 11.5 Å². The average Bonchev–Trinajstić information content (AvgIpc) is 3.39. The van der Waals surface area contributed by atoms with Crippen LogP contribution < -0.4 is 4.90 Å². The van der Waals surface area contributed by atoms with Crippen LogP contribution in [0.5, 0.6) is 0 Å². The molecule has 1 atom stereocenters. The van der Waals surface area contributed by atoms with Crippen LogP contribution in [0.3, 0.4) is 0 Å². The summed E-state index contributed by atoms with van der Waals surface area (Å²) in [6.45, 7) is 0.563. The largest absolute Gasteiger partial charge is 0.378 e. The molecule has 0 bridgehead atoms. The van der Waals surface area contributed by atoms with Crippen molar-refractivity contribution in [2.24, 2.45) is 0 Å². The molecule has 1 aliphatic heterocycles. The standard InChI is InChI=1S/C21H20F2N4O2/c1-26(2)15-6-3-5-13(11-15)18-7-4-10-27(18)21(28)19-24-20(29-25-19)16-12-14(22)8-9-17(16)23/h3,5-6,8-9,11-12,18H,4,7,10H2,1-2H3. The molecule has 1 saturated heterocycles. The van der Waals surface area contributed by atoms with Crippen molar-refractivity contribution in [3.05, 3.63) is 65.5 Å². The van der Waals surface area contributed by atoms with Gasteiger partial charge in [-0.2, -0.15) is 4.98 Å². The quantitative estimate of drug-likeness (QED) is 0.663. The molecule has 1 aromatic heterocycles. The number of aromatic nitrogens is 2. The molecule has 0 spiro atoms. The molecule has 4 rings (SSSR count). The predicted octanol–water partition coefficient (Wildman–Crippen LogP) is 4.06. The number of benzene rings is 2. The number of rotatable bonds is 4. The monoisotopic (exact) mass is 398 g/mol. The molecule has 0 aliphatic carbocycles. The van der Waals surface area contributed by atoms with E-state index in [4.69, 9.17) is 4.52 Å². The highest BCUT2D eigenvalue weighted by Crippen LogP contribution is 2.34. The molecule has 0 saturated carbocycles. The third-order valence-electron chi connectivity index (χ3n) is 5.06. The van der Waals surface area contributed by atoms with Gasteiger partial charge in [0.25, 0.3) is 17.6 Å². The van der Waals surface area contributed by atoms with Crippen molar-refractivity contribution in [1.29, 1.82) is 0 Å². The number of nitrogens with zero attached hydrogens (tertiary/aromatic N) is 4. The van der Waals surface area contributed by atoms with Gasteiger partial charge in [-0.3, -0.25) is 4.79 Å². The van der Waals surface area contributed by atoms with Crippen LogP contribution in [0.1, 0.15) is 35.1 Å². The highest BCUT2D eigenvalue weighted by atomic mass is 19.1. The van der Waals surface area contributed by atoms with Gasteiger partial charge < -0.3 is 14.3 Å². The van der Waals surface area contributed by atoms with Crippen molar-refractivity contribution >= 4 is 11.6 Å². The number of halogens is 2. The van der Waals surface area contributed by atoms with Crippen molar-refractivity contribution in [2.75, 3.05) is 25.5 Å². The van der Waals surface area contributed by atoms with Crippen LogP contribution in [0.2, 0.25) is 0 Å². The fourth-order valence-corrected chi connectivity index (χ4v) is 3.58. The van der Waals surface area contributed by atoms with Gasteiger partial charge in [-0.25, -0.2) is 8.78 Å². The van der Waals surface area contributed by atoms with Gasteiger partial charge in [0.05, 0.1) is 11.6 Å². The second-order valence-electron chi connectivity index (χ2n) is 7.19. The molecule has 0 radical (unpaired) electrons. The Morgan fingerprint density at radius 1 is 1.21 bits per heavy atom. The van der Waals surface area contributed by atoms with E-state index in [-0.39, 0.29) is 23.3 Å². The van der Waals surface area contributed by atoms with E-state index < -0.39 is 17.5 Å². The number of amides is 1. The third kappa shape index (κ3) is 3.70. The van der Waals surface area contributed by atoms with Crippen molar-refractivity contribution in [2.45, 2.75) is 18.9 Å². The Kier molecular flexibility index (Phi) is 5.00. The highest BCUT2D eigenvalue weighted by molar-refractivity contribution is 5.91. The third-order valence-corrected chi connectivity index (χ3v) is 5.06. The van der Waals surface area contributed by atoms with Gasteiger partial charge in [0.1, 0.15) is 11.6 Å².